The van der Waals surface area contributed by atoms with E-state index in [-0.39, 0.29) is 16.8 Å². The summed E-state index contributed by atoms with van der Waals surface area (Å²) in [7, 11) is -2.96. The molecule has 0 aliphatic rings. The van der Waals surface area contributed by atoms with E-state index in [4.69, 9.17) is 4.52 Å². The molecular weight excluding hydrogens is 327 g/mol. The first-order valence-electron chi connectivity index (χ1n) is 6.70. The topological polar surface area (TPSA) is 73.1 Å². The minimum Gasteiger partial charge on any atom is -0.338 e. The Labute approximate surface area is 133 Å². The number of aromatic nitrogens is 2. The summed E-state index contributed by atoms with van der Waals surface area (Å²) in [6.45, 7) is 1.89. The summed E-state index contributed by atoms with van der Waals surface area (Å²) in [5.74, 6) is 1.31. The number of rotatable bonds is 7. The van der Waals surface area contributed by atoms with E-state index in [0.29, 0.717) is 23.9 Å². The number of halogens is 1. The molecule has 2 rings (SSSR count). The van der Waals surface area contributed by atoms with Crippen LogP contribution in [0, 0.1) is 5.82 Å². The summed E-state index contributed by atoms with van der Waals surface area (Å²) in [5, 5.41) is 3.83. The second-order valence-electron chi connectivity index (χ2n) is 4.99. The summed E-state index contributed by atoms with van der Waals surface area (Å²) in [6, 6.07) is 6.13. The Morgan fingerprint density at radius 3 is 2.64 bits per heavy atom. The van der Waals surface area contributed by atoms with E-state index in [1.54, 1.807) is 12.1 Å². The molecule has 0 spiro atoms. The lowest BCUT2D eigenvalue weighted by molar-refractivity contribution is 0.375. The van der Waals surface area contributed by atoms with Gasteiger partial charge in [0.1, 0.15) is 15.7 Å². The number of nitrogens with zero attached hydrogens (tertiary/aromatic N) is 2. The third kappa shape index (κ3) is 5.42. The van der Waals surface area contributed by atoms with Crippen LogP contribution in [0.5, 0.6) is 0 Å². The molecule has 2 aromatic rings. The second kappa shape index (κ2) is 7.23. The van der Waals surface area contributed by atoms with Gasteiger partial charge >= 0.3 is 0 Å². The zero-order chi connectivity index (χ0) is 16.2. The van der Waals surface area contributed by atoms with Crippen molar-refractivity contribution in [3.8, 4) is 0 Å². The summed E-state index contributed by atoms with van der Waals surface area (Å²) in [6.07, 6.45) is 1.68. The van der Waals surface area contributed by atoms with E-state index in [9.17, 15) is 12.8 Å². The molecule has 0 fully saturated rings. The normalized spacial score (nSPS) is 13.2. The maximum absolute atomic E-state index is 12.8. The number of thioether (sulfide) groups is 1. The fourth-order valence-corrected chi connectivity index (χ4v) is 3.92. The average molecular weight is 344 g/mol. The van der Waals surface area contributed by atoms with Crippen molar-refractivity contribution in [1.82, 2.24) is 10.1 Å². The van der Waals surface area contributed by atoms with E-state index in [1.165, 1.54) is 30.2 Å². The summed E-state index contributed by atoms with van der Waals surface area (Å²) < 4.78 is 40.2. The number of hydrogen-bond donors (Lipinski definition) is 0. The lowest BCUT2D eigenvalue weighted by atomic mass is 10.1. The minimum atomic E-state index is -2.96. The van der Waals surface area contributed by atoms with Gasteiger partial charge in [0.25, 0.3) is 0 Å². The Hall–Kier alpha value is -1.41. The standard InChI is InChI=1S/C14H17FN2O3S2/c1-10(21-7-8-22(2,18)19)14-16-13(17-20-14)9-11-3-5-12(15)6-4-11/h3-6,10H,7-9H2,1-2H3/t10-/m1/s1. The van der Waals surface area contributed by atoms with Crippen LogP contribution in [0.4, 0.5) is 4.39 Å². The van der Waals surface area contributed by atoms with Crippen molar-refractivity contribution in [3.05, 3.63) is 47.4 Å². The second-order valence-corrected chi connectivity index (χ2v) is 8.70. The molecule has 0 unspecified atom stereocenters. The van der Waals surface area contributed by atoms with Crippen LogP contribution in [-0.4, -0.2) is 36.3 Å². The highest BCUT2D eigenvalue weighted by atomic mass is 32.2. The van der Waals surface area contributed by atoms with Crippen molar-refractivity contribution in [1.29, 1.82) is 0 Å². The van der Waals surface area contributed by atoms with Crippen molar-refractivity contribution in [3.63, 3.8) is 0 Å². The lowest BCUT2D eigenvalue weighted by Gasteiger charge is -2.04. The average Bonchev–Trinajstić information content (AvgIpc) is 2.88. The zero-order valence-electron chi connectivity index (χ0n) is 12.3. The van der Waals surface area contributed by atoms with Gasteiger partial charge in [0.15, 0.2) is 5.82 Å². The van der Waals surface area contributed by atoms with Crippen molar-refractivity contribution in [2.75, 3.05) is 17.8 Å². The fourth-order valence-electron chi connectivity index (χ4n) is 1.74. The lowest BCUT2D eigenvalue weighted by Crippen LogP contribution is -2.06. The SMILES string of the molecule is C[C@@H](SCCS(C)(=O)=O)c1nc(Cc2ccc(F)cc2)no1. The molecule has 1 heterocycles. The van der Waals surface area contributed by atoms with Crippen molar-refractivity contribution in [2.45, 2.75) is 18.6 Å². The van der Waals surface area contributed by atoms with Crippen LogP contribution in [-0.2, 0) is 16.3 Å². The van der Waals surface area contributed by atoms with Crippen LogP contribution in [0.2, 0.25) is 0 Å². The number of hydrogen-bond acceptors (Lipinski definition) is 6. The van der Waals surface area contributed by atoms with E-state index in [0.717, 1.165) is 5.56 Å². The van der Waals surface area contributed by atoms with Gasteiger partial charge in [-0.05, 0) is 24.6 Å². The van der Waals surface area contributed by atoms with Gasteiger partial charge in [0.05, 0.1) is 11.0 Å². The highest BCUT2D eigenvalue weighted by Gasteiger charge is 2.16. The molecular formula is C14H17FN2O3S2. The molecule has 8 heteroatoms. The van der Waals surface area contributed by atoms with Crippen molar-refractivity contribution < 1.29 is 17.3 Å². The van der Waals surface area contributed by atoms with Gasteiger partial charge in [-0.2, -0.15) is 4.98 Å². The Bertz CT molecular complexity index is 714. The van der Waals surface area contributed by atoms with Crippen LogP contribution in [0.25, 0.3) is 0 Å². The predicted molar refractivity (Wildman–Crippen MR) is 84.1 cm³/mol. The highest BCUT2D eigenvalue weighted by Crippen LogP contribution is 2.27. The minimum absolute atomic E-state index is 0.0729. The fraction of sp³-hybridized carbons (Fsp3) is 0.429. The van der Waals surface area contributed by atoms with Gasteiger partial charge in [-0.3, -0.25) is 0 Å². The molecule has 0 aliphatic heterocycles. The Morgan fingerprint density at radius 2 is 2.00 bits per heavy atom. The maximum atomic E-state index is 12.8. The molecule has 0 bridgehead atoms. The quantitative estimate of drug-likeness (QED) is 0.769. The first kappa shape index (κ1) is 17.0. The van der Waals surface area contributed by atoms with Gasteiger partial charge in [-0.25, -0.2) is 12.8 Å². The molecule has 0 saturated carbocycles. The third-order valence-corrected chi connectivity index (χ3v) is 5.27. The van der Waals surface area contributed by atoms with Crippen LogP contribution in [0.1, 0.15) is 29.5 Å². The van der Waals surface area contributed by atoms with Crippen LogP contribution in [0.3, 0.4) is 0 Å². The van der Waals surface area contributed by atoms with Crippen molar-refractivity contribution >= 4 is 21.6 Å². The number of sulfone groups is 1. The van der Waals surface area contributed by atoms with Gasteiger partial charge in [-0.1, -0.05) is 17.3 Å². The largest absolute Gasteiger partial charge is 0.338 e. The molecule has 22 heavy (non-hydrogen) atoms. The predicted octanol–water partition coefficient (Wildman–Crippen LogP) is 2.64. The summed E-state index contributed by atoms with van der Waals surface area (Å²) >= 11 is 1.45. The number of benzene rings is 1. The molecule has 0 saturated heterocycles. The summed E-state index contributed by atoms with van der Waals surface area (Å²) in [5.41, 5.74) is 0.895. The highest BCUT2D eigenvalue weighted by molar-refractivity contribution is 8.00. The Morgan fingerprint density at radius 1 is 1.32 bits per heavy atom. The molecule has 1 aromatic carbocycles. The molecule has 1 aromatic heterocycles. The van der Waals surface area contributed by atoms with E-state index < -0.39 is 9.84 Å². The van der Waals surface area contributed by atoms with Gasteiger partial charge in [-0.15, -0.1) is 11.8 Å². The van der Waals surface area contributed by atoms with Crippen LogP contribution in [0.15, 0.2) is 28.8 Å². The zero-order valence-corrected chi connectivity index (χ0v) is 14.0. The Balaban J connectivity index is 1.91. The molecule has 1 atom stereocenters. The molecule has 0 N–H and O–H groups in total. The Kier molecular flexibility index (Phi) is 5.57. The van der Waals surface area contributed by atoms with Gasteiger partial charge < -0.3 is 4.52 Å². The first-order valence-corrected chi connectivity index (χ1v) is 9.80. The molecule has 0 amide bonds. The molecule has 5 nitrogen and oxygen atoms in total. The monoisotopic (exact) mass is 344 g/mol. The van der Waals surface area contributed by atoms with E-state index in [1.807, 2.05) is 6.92 Å². The van der Waals surface area contributed by atoms with Crippen LogP contribution >= 0.6 is 11.8 Å². The maximum Gasteiger partial charge on any atom is 0.239 e. The van der Waals surface area contributed by atoms with E-state index >= 15 is 0 Å². The summed E-state index contributed by atoms with van der Waals surface area (Å²) in [4.78, 5) is 4.30. The van der Waals surface area contributed by atoms with Crippen molar-refractivity contribution in [2.24, 2.45) is 0 Å². The van der Waals surface area contributed by atoms with Crippen LogP contribution < -0.4 is 0 Å². The van der Waals surface area contributed by atoms with Gasteiger partial charge in [0.2, 0.25) is 5.89 Å². The third-order valence-electron chi connectivity index (χ3n) is 2.93. The van der Waals surface area contributed by atoms with E-state index in [2.05, 4.69) is 10.1 Å². The molecule has 0 aliphatic carbocycles. The van der Waals surface area contributed by atoms with Gasteiger partial charge in [0, 0.05) is 18.4 Å². The first-order chi connectivity index (χ1) is 10.3. The molecule has 0 radical (unpaired) electrons. The molecule has 120 valence electrons. The smallest absolute Gasteiger partial charge is 0.239 e.